The van der Waals surface area contributed by atoms with E-state index in [-0.39, 0.29) is 5.91 Å². The number of para-hydroxylation sites is 1. The molecule has 1 N–H and O–H groups in total. The largest absolute Gasteiger partial charge is 0.496 e. The number of anilines is 1. The molecule has 0 aliphatic carbocycles. The number of aryl methyl sites for hydroxylation is 2. The summed E-state index contributed by atoms with van der Waals surface area (Å²) in [4.78, 5) is 13.6. The Balaban J connectivity index is 1.71. The molecule has 0 aliphatic heterocycles. The second-order valence-corrected chi connectivity index (χ2v) is 9.25. The average Bonchev–Trinajstić information content (AvgIpc) is 3.24. The number of methoxy groups -OCH3 is 1. The van der Waals surface area contributed by atoms with Gasteiger partial charge in [0.15, 0.2) is 11.0 Å². The zero-order valence-corrected chi connectivity index (χ0v) is 20.9. The zero-order chi connectivity index (χ0) is 24.8. The number of ether oxygens (including phenoxy) is 1. The molecule has 0 saturated carbocycles. The van der Waals surface area contributed by atoms with Crippen LogP contribution in [0.3, 0.4) is 0 Å². The highest BCUT2D eigenvalue weighted by Gasteiger charge is 2.26. The molecule has 35 heavy (non-hydrogen) atoms. The molecule has 4 aromatic rings. The van der Waals surface area contributed by atoms with Crippen LogP contribution in [0.2, 0.25) is 0 Å². The minimum Gasteiger partial charge on any atom is -0.496 e. The van der Waals surface area contributed by atoms with Gasteiger partial charge in [0, 0.05) is 12.2 Å². The number of allylic oxidation sites excluding steroid dienone is 1. The molecule has 1 unspecified atom stereocenters. The van der Waals surface area contributed by atoms with Gasteiger partial charge in [-0.15, -0.1) is 16.8 Å². The van der Waals surface area contributed by atoms with Crippen molar-refractivity contribution >= 4 is 23.4 Å². The van der Waals surface area contributed by atoms with Crippen LogP contribution in [0, 0.1) is 13.8 Å². The summed E-state index contributed by atoms with van der Waals surface area (Å²) in [6.45, 7) is 8.43. The summed E-state index contributed by atoms with van der Waals surface area (Å²) >= 11 is 1.36. The van der Waals surface area contributed by atoms with Gasteiger partial charge in [-0.3, -0.25) is 9.36 Å². The van der Waals surface area contributed by atoms with E-state index >= 15 is 0 Å². The van der Waals surface area contributed by atoms with Gasteiger partial charge < -0.3 is 10.1 Å². The number of thioether (sulfide) groups is 1. The molecule has 0 fully saturated rings. The van der Waals surface area contributed by atoms with Crippen molar-refractivity contribution in [1.82, 2.24) is 14.8 Å². The summed E-state index contributed by atoms with van der Waals surface area (Å²) in [5, 5.41) is 12.1. The van der Waals surface area contributed by atoms with Crippen LogP contribution >= 0.6 is 11.8 Å². The summed E-state index contributed by atoms with van der Waals surface area (Å²) in [5.74, 6) is 1.23. The number of amides is 1. The molecule has 1 amide bonds. The van der Waals surface area contributed by atoms with E-state index in [2.05, 4.69) is 28.2 Å². The number of rotatable bonds is 9. The first-order chi connectivity index (χ1) is 17.0. The van der Waals surface area contributed by atoms with Crippen LogP contribution in [0.5, 0.6) is 5.75 Å². The first-order valence-corrected chi connectivity index (χ1v) is 12.2. The van der Waals surface area contributed by atoms with Crippen LogP contribution in [-0.4, -0.2) is 27.8 Å². The molecule has 6 nitrogen and oxygen atoms in total. The van der Waals surface area contributed by atoms with Crippen molar-refractivity contribution in [1.29, 1.82) is 0 Å². The van der Waals surface area contributed by atoms with E-state index in [4.69, 9.17) is 4.74 Å². The predicted octanol–water partition coefficient (Wildman–Crippen LogP) is 6.23. The minimum atomic E-state index is -0.532. The van der Waals surface area contributed by atoms with Crippen molar-refractivity contribution < 1.29 is 9.53 Å². The molecule has 1 aromatic heterocycles. The van der Waals surface area contributed by atoms with Gasteiger partial charge in [-0.05, 0) is 54.8 Å². The third kappa shape index (κ3) is 5.63. The monoisotopic (exact) mass is 484 g/mol. The van der Waals surface area contributed by atoms with Crippen LogP contribution in [0.25, 0.3) is 11.4 Å². The number of carbonyl (C=O) groups is 1. The molecule has 7 heteroatoms. The SMILES string of the molecule is C=CCn1c(SC(C(=O)Nc2cc(C)cc(C)c2)c2ccccc2)nnc1-c1ccccc1OC. The summed E-state index contributed by atoms with van der Waals surface area (Å²) in [6, 6.07) is 23.4. The summed E-state index contributed by atoms with van der Waals surface area (Å²) in [6.07, 6.45) is 1.79. The Bertz CT molecular complexity index is 1310. The fraction of sp³-hybridized carbons (Fsp3) is 0.179. The molecular weight excluding hydrogens is 456 g/mol. The number of hydrogen-bond donors (Lipinski definition) is 1. The summed E-state index contributed by atoms with van der Waals surface area (Å²) in [5.41, 5.74) is 4.67. The molecule has 0 bridgehead atoms. The van der Waals surface area contributed by atoms with E-state index in [1.54, 1.807) is 13.2 Å². The lowest BCUT2D eigenvalue weighted by molar-refractivity contribution is -0.115. The Kier molecular flexibility index (Phi) is 7.67. The van der Waals surface area contributed by atoms with E-state index in [0.717, 1.165) is 27.9 Å². The molecule has 0 spiro atoms. The molecule has 0 saturated heterocycles. The van der Waals surface area contributed by atoms with Gasteiger partial charge in [0.25, 0.3) is 0 Å². The smallest absolute Gasteiger partial charge is 0.242 e. The van der Waals surface area contributed by atoms with Crippen LogP contribution in [0.4, 0.5) is 5.69 Å². The van der Waals surface area contributed by atoms with E-state index < -0.39 is 5.25 Å². The van der Waals surface area contributed by atoms with Crippen LogP contribution in [-0.2, 0) is 11.3 Å². The van der Waals surface area contributed by atoms with Crippen molar-refractivity contribution in [2.24, 2.45) is 0 Å². The normalized spacial score (nSPS) is 11.6. The summed E-state index contributed by atoms with van der Waals surface area (Å²) in [7, 11) is 1.63. The van der Waals surface area contributed by atoms with E-state index in [9.17, 15) is 4.79 Å². The van der Waals surface area contributed by atoms with Gasteiger partial charge in [0.1, 0.15) is 11.0 Å². The highest BCUT2D eigenvalue weighted by molar-refractivity contribution is 8.00. The molecule has 0 radical (unpaired) electrons. The topological polar surface area (TPSA) is 69.0 Å². The molecular formula is C28H28N4O2S. The maximum absolute atomic E-state index is 13.6. The van der Waals surface area contributed by atoms with Gasteiger partial charge in [0.2, 0.25) is 5.91 Å². The molecule has 178 valence electrons. The lowest BCUT2D eigenvalue weighted by atomic mass is 10.1. The second-order valence-electron chi connectivity index (χ2n) is 8.18. The minimum absolute atomic E-state index is 0.127. The lowest BCUT2D eigenvalue weighted by Gasteiger charge is -2.18. The third-order valence-corrected chi connectivity index (χ3v) is 6.66. The predicted molar refractivity (Wildman–Crippen MR) is 142 cm³/mol. The first kappa shape index (κ1) is 24.3. The zero-order valence-electron chi connectivity index (χ0n) is 20.1. The molecule has 4 rings (SSSR count). The Morgan fingerprint density at radius 3 is 2.43 bits per heavy atom. The number of nitrogens with one attached hydrogen (secondary N) is 1. The van der Waals surface area contributed by atoms with E-state index in [1.165, 1.54) is 11.8 Å². The van der Waals surface area contributed by atoms with Gasteiger partial charge in [0.05, 0.1) is 12.7 Å². The van der Waals surface area contributed by atoms with Gasteiger partial charge in [-0.2, -0.15) is 0 Å². The van der Waals surface area contributed by atoms with E-state index in [0.29, 0.717) is 23.3 Å². The lowest BCUT2D eigenvalue weighted by Crippen LogP contribution is -2.19. The van der Waals surface area contributed by atoms with E-state index in [1.807, 2.05) is 85.1 Å². The summed E-state index contributed by atoms with van der Waals surface area (Å²) < 4.78 is 7.49. The Morgan fingerprint density at radius 2 is 1.74 bits per heavy atom. The Morgan fingerprint density at radius 1 is 1.06 bits per heavy atom. The first-order valence-electron chi connectivity index (χ1n) is 11.3. The fourth-order valence-corrected chi connectivity index (χ4v) is 5.01. The van der Waals surface area contributed by atoms with Crippen LogP contribution in [0.1, 0.15) is 21.9 Å². The average molecular weight is 485 g/mol. The standard InChI is InChI=1S/C28H28N4O2S/c1-5-15-32-26(23-13-9-10-14-24(23)34-4)30-31-28(32)35-25(21-11-7-6-8-12-21)27(33)29-22-17-19(2)16-20(3)18-22/h5-14,16-18,25H,1,15H2,2-4H3,(H,29,33). The Hall–Kier alpha value is -3.84. The van der Waals surface area contributed by atoms with Gasteiger partial charge >= 0.3 is 0 Å². The number of carbonyl (C=O) groups excluding carboxylic acids is 1. The number of hydrogen-bond acceptors (Lipinski definition) is 5. The maximum Gasteiger partial charge on any atom is 0.242 e. The van der Waals surface area contributed by atoms with Crippen LogP contribution in [0.15, 0.2) is 90.6 Å². The quantitative estimate of drug-likeness (QED) is 0.225. The molecule has 3 aromatic carbocycles. The molecule has 1 atom stereocenters. The van der Waals surface area contributed by atoms with Gasteiger partial charge in [-0.25, -0.2) is 0 Å². The molecule has 1 heterocycles. The highest BCUT2D eigenvalue weighted by Crippen LogP contribution is 2.38. The maximum atomic E-state index is 13.6. The van der Waals surface area contributed by atoms with Gasteiger partial charge in [-0.1, -0.05) is 66.4 Å². The second kappa shape index (κ2) is 11.1. The van der Waals surface area contributed by atoms with Crippen molar-refractivity contribution in [3.05, 3.63) is 102 Å². The number of nitrogens with zero attached hydrogens (tertiary/aromatic N) is 3. The molecule has 0 aliphatic rings. The number of aromatic nitrogens is 3. The highest BCUT2D eigenvalue weighted by atomic mass is 32.2. The number of benzene rings is 3. The fourth-order valence-electron chi connectivity index (χ4n) is 3.96. The van der Waals surface area contributed by atoms with Crippen molar-refractivity contribution in [2.45, 2.75) is 30.8 Å². The Labute approximate surface area is 210 Å². The third-order valence-electron chi connectivity index (χ3n) is 5.43. The van der Waals surface area contributed by atoms with Crippen molar-refractivity contribution in [3.63, 3.8) is 0 Å². The van der Waals surface area contributed by atoms with Crippen molar-refractivity contribution in [2.75, 3.05) is 12.4 Å². The van der Waals surface area contributed by atoms with Crippen LogP contribution < -0.4 is 10.1 Å². The van der Waals surface area contributed by atoms with Crippen molar-refractivity contribution in [3.8, 4) is 17.1 Å².